The van der Waals surface area contributed by atoms with Gasteiger partial charge in [0.2, 0.25) is 0 Å². The first-order valence-electron chi connectivity index (χ1n) is 5.80. The monoisotopic (exact) mass is 243 g/mol. The van der Waals surface area contributed by atoms with Gasteiger partial charge in [-0.3, -0.25) is 0 Å². The fourth-order valence-corrected chi connectivity index (χ4v) is 2.53. The van der Waals surface area contributed by atoms with E-state index < -0.39 is 18.3 Å². The summed E-state index contributed by atoms with van der Waals surface area (Å²) in [6.07, 6.45) is -0.737. The van der Waals surface area contributed by atoms with Gasteiger partial charge in [0.1, 0.15) is 6.61 Å². The van der Waals surface area contributed by atoms with E-state index in [0.717, 1.165) is 31.7 Å². The molecule has 0 aromatic heterocycles. The van der Waals surface area contributed by atoms with Crippen molar-refractivity contribution in [1.29, 1.82) is 0 Å². The van der Waals surface area contributed by atoms with Crippen LogP contribution in [-0.4, -0.2) is 0 Å². The molecule has 1 saturated carbocycles. The lowest BCUT2D eigenvalue weighted by Gasteiger charge is -2.18. The van der Waals surface area contributed by atoms with E-state index in [1.807, 2.05) is 0 Å². The molecule has 93 valence electrons. The highest BCUT2D eigenvalue weighted by Gasteiger charge is 2.36. The van der Waals surface area contributed by atoms with Crippen LogP contribution in [0.5, 0.6) is 0 Å². The molecule has 0 spiro atoms. The van der Waals surface area contributed by atoms with Gasteiger partial charge in [-0.05, 0) is 36.0 Å². The van der Waals surface area contributed by atoms with Gasteiger partial charge in [-0.1, -0.05) is 25.0 Å². The third-order valence-corrected chi connectivity index (χ3v) is 3.38. The number of rotatable bonds is 2. The van der Waals surface area contributed by atoms with Crippen LogP contribution in [0.3, 0.4) is 0 Å². The predicted molar refractivity (Wildman–Crippen MR) is 57.0 cm³/mol. The molecule has 0 N–H and O–H groups in total. The van der Waals surface area contributed by atoms with Crippen molar-refractivity contribution in [2.45, 2.75) is 44.4 Å². The van der Waals surface area contributed by atoms with E-state index >= 15 is 0 Å². The van der Waals surface area contributed by atoms with Crippen molar-refractivity contribution in [3.63, 3.8) is 0 Å². The molecular weight excluding hydrogens is 229 g/mol. The molecule has 0 amide bonds. The summed E-state index contributed by atoms with van der Waals surface area (Å²) >= 11 is 0. The Balaban J connectivity index is 2.42. The minimum atomic E-state index is -4.36. The Labute approximate surface area is 98.3 Å². The van der Waals surface area contributed by atoms with E-state index in [0.29, 0.717) is 5.56 Å². The largest absolute Gasteiger partial charge is 0.416 e. The summed E-state index contributed by atoms with van der Waals surface area (Å²) in [5, 5.41) is 10.7. The highest BCUT2D eigenvalue weighted by molar-refractivity contribution is 5.36. The lowest BCUT2D eigenvalue weighted by atomic mass is 9.91. The Morgan fingerprint density at radius 1 is 1.18 bits per heavy atom. The molecule has 0 atom stereocenters. The van der Waals surface area contributed by atoms with Crippen LogP contribution in [0.4, 0.5) is 13.2 Å². The van der Waals surface area contributed by atoms with Gasteiger partial charge in [-0.2, -0.15) is 13.2 Å². The van der Waals surface area contributed by atoms with Gasteiger partial charge >= 0.3 is 6.18 Å². The molecule has 1 aliphatic rings. The van der Waals surface area contributed by atoms with Crippen LogP contribution in [0, 0.1) is 0 Å². The molecule has 1 nitrogen and oxygen atoms in total. The second-order valence-corrected chi connectivity index (χ2v) is 4.55. The van der Waals surface area contributed by atoms with Crippen LogP contribution in [0.1, 0.15) is 48.3 Å². The van der Waals surface area contributed by atoms with Crippen molar-refractivity contribution < 1.29 is 18.3 Å². The average molecular weight is 243 g/mol. The third kappa shape index (κ3) is 2.63. The molecule has 4 heteroatoms. The molecule has 0 saturated heterocycles. The summed E-state index contributed by atoms with van der Waals surface area (Å²) in [6.45, 7) is -0.603. The first-order chi connectivity index (χ1) is 8.02. The van der Waals surface area contributed by atoms with Gasteiger partial charge in [-0.15, -0.1) is 0 Å². The zero-order valence-electron chi connectivity index (χ0n) is 9.39. The van der Waals surface area contributed by atoms with Crippen LogP contribution in [0.15, 0.2) is 18.2 Å². The van der Waals surface area contributed by atoms with E-state index in [9.17, 15) is 18.3 Å². The van der Waals surface area contributed by atoms with Gasteiger partial charge in [0.15, 0.2) is 0 Å². The molecule has 0 bridgehead atoms. The summed E-state index contributed by atoms with van der Waals surface area (Å²) in [6, 6.07) is 4.03. The molecule has 0 aliphatic heterocycles. The molecule has 1 radical (unpaired) electrons. The standard InChI is InChI=1S/C13H14F3O/c14-13(15,16)12-7-9(8-17)5-6-11(12)10-3-1-2-4-10/h5-7,10H,1-4,8H2. The average Bonchev–Trinajstić information content (AvgIpc) is 2.80. The summed E-state index contributed by atoms with van der Waals surface area (Å²) in [5.41, 5.74) is -0.0379. The molecule has 2 rings (SSSR count). The Bertz CT molecular complexity index is 392. The summed E-state index contributed by atoms with van der Waals surface area (Å²) < 4.78 is 38.7. The SMILES string of the molecule is [O]Cc1ccc(C2CCCC2)c(C(F)(F)F)c1. The van der Waals surface area contributed by atoms with Crippen molar-refractivity contribution in [2.24, 2.45) is 0 Å². The molecule has 17 heavy (non-hydrogen) atoms. The smallest absolute Gasteiger partial charge is 0.232 e. The lowest BCUT2D eigenvalue weighted by Crippen LogP contribution is -2.11. The second kappa shape index (κ2) is 4.69. The number of hydrogen-bond donors (Lipinski definition) is 0. The Hall–Kier alpha value is -1.03. The Kier molecular flexibility index (Phi) is 3.43. The van der Waals surface area contributed by atoms with Crippen LogP contribution < -0.4 is 0 Å². The van der Waals surface area contributed by atoms with E-state index in [1.54, 1.807) is 0 Å². The molecule has 0 heterocycles. The van der Waals surface area contributed by atoms with E-state index in [-0.39, 0.29) is 11.5 Å². The van der Waals surface area contributed by atoms with E-state index in [2.05, 4.69) is 0 Å². The maximum Gasteiger partial charge on any atom is 0.416 e. The summed E-state index contributed by atoms with van der Waals surface area (Å²) in [5.74, 6) is 0.00678. The number of hydrogen-bond acceptors (Lipinski definition) is 0. The van der Waals surface area contributed by atoms with Crippen molar-refractivity contribution >= 4 is 0 Å². The summed E-state index contributed by atoms with van der Waals surface area (Å²) in [7, 11) is 0. The first-order valence-corrected chi connectivity index (χ1v) is 5.80. The molecule has 1 aliphatic carbocycles. The van der Waals surface area contributed by atoms with Gasteiger partial charge in [0.05, 0.1) is 5.56 Å². The fourth-order valence-electron chi connectivity index (χ4n) is 2.53. The zero-order chi connectivity index (χ0) is 12.5. The zero-order valence-corrected chi connectivity index (χ0v) is 9.39. The van der Waals surface area contributed by atoms with Crippen molar-refractivity contribution in [3.8, 4) is 0 Å². The topological polar surface area (TPSA) is 19.9 Å². The van der Waals surface area contributed by atoms with E-state index in [4.69, 9.17) is 0 Å². The highest BCUT2D eigenvalue weighted by atomic mass is 19.4. The van der Waals surface area contributed by atoms with Gasteiger partial charge in [-0.25, -0.2) is 5.11 Å². The predicted octanol–water partition coefficient (Wildman–Crippen LogP) is 4.29. The molecule has 1 aromatic carbocycles. The van der Waals surface area contributed by atoms with Crippen LogP contribution in [0.2, 0.25) is 0 Å². The quantitative estimate of drug-likeness (QED) is 0.738. The minimum absolute atomic E-state index is 0.00678. The van der Waals surface area contributed by atoms with Crippen molar-refractivity contribution in [1.82, 2.24) is 0 Å². The summed E-state index contributed by atoms with van der Waals surface area (Å²) in [4.78, 5) is 0. The molecule has 1 fully saturated rings. The number of halogens is 3. The number of benzene rings is 1. The first kappa shape index (κ1) is 12.4. The van der Waals surface area contributed by atoms with Crippen molar-refractivity contribution in [3.05, 3.63) is 34.9 Å². The Morgan fingerprint density at radius 2 is 1.82 bits per heavy atom. The highest BCUT2D eigenvalue weighted by Crippen LogP contribution is 2.41. The van der Waals surface area contributed by atoms with Gasteiger partial charge in [0.25, 0.3) is 0 Å². The fraction of sp³-hybridized carbons (Fsp3) is 0.538. The third-order valence-electron chi connectivity index (χ3n) is 3.38. The normalized spacial score (nSPS) is 17.6. The number of alkyl halides is 3. The molecular formula is C13H14F3O. The maximum atomic E-state index is 12.9. The van der Waals surface area contributed by atoms with Crippen LogP contribution in [-0.2, 0) is 17.9 Å². The Morgan fingerprint density at radius 3 is 2.35 bits per heavy atom. The second-order valence-electron chi connectivity index (χ2n) is 4.55. The molecule has 1 aromatic rings. The van der Waals surface area contributed by atoms with E-state index in [1.165, 1.54) is 12.1 Å². The van der Waals surface area contributed by atoms with Crippen LogP contribution in [0.25, 0.3) is 0 Å². The van der Waals surface area contributed by atoms with Gasteiger partial charge in [0, 0.05) is 0 Å². The van der Waals surface area contributed by atoms with Gasteiger partial charge < -0.3 is 0 Å². The minimum Gasteiger partial charge on any atom is -0.232 e. The molecule has 0 unspecified atom stereocenters. The van der Waals surface area contributed by atoms with Crippen LogP contribution >= 0.6 is 0 Å². The van der Waals surface area contributed by atoms with Crippen molar-refractivity contribution in [2.75, 3.05) is 0 Å². The maximum absolute atomic E-state index is 12.9. The lowest BCUT2D eigenvalue weighted by molar-refractivity contribution is -0.138.